The van der Waals surface area contributed by atoms with Gasteiger partial charge in [0.05, 0.1) is 29.8 Å². The van der Waals surface area contributed by atoms with Crippen LogP contribution in [0.5, 0.6) is 11.5 Å². The molecule has 2 aliphatic heterocycles. The number of thiocarbonyl (C=S) groups is 1. The molecular formula is C43H31F8N3O7S. The minimum absolute atomic E-state index is 0. The van der Waals surface area contributed by atoms with Crippen molar-refractivity contribution in [2.75, 3.05) is 13.2 Å². The third kappa shape index (κ3) is 9.82. The van der Waals surface area contributed by atoms with E-state index >= 15 is 0 Å². The van der Waals surface area contributed by atoms with Gasteiger partial charge in [-0.15, -0.1) is 0 Å². The number of hydrogen-bond acceptors (Lipinski definition) is 9. The minimum atomic E-state index is -4.83. The molecule has 19 heteroatoms. The molecule has 322 valence electrons. The number of carbonyl (C=O) groups excluding carboxylic acids is 3. The van der Waals surface area contributed by atoms with Crippen LogP contribution in [-0.4, -0.2) is 47.0 Å². The highest BCUT2D eigenvalue weighted by molar-refractivity contribution is 7.80. The smallest absolute Gasteiger partial charge is 0.407 e. The van der Waals surface area contributed by atoms with E-state index in [4.69, 9.17) is 49.6 Å². The van der Waals surface area contributed by atoms with Gasteiger partial charge < -0.3 is 18.9 Å². The van der Waals surface area contributed by atoms with E-state index in [9.17, 15) is 49.5 Å². The van der Waals surface area contributed by atoms with Gasteiger partial charge in [-0.05, 0) is 67.9 Å². The predicted octanol–water partition coefficient (Wildman–Crippen LogP) is 10.5. The van der Waals surface area contributed by atoms with Crippen molar-refractivity contribution in [1.82, 2.24) is 0 Å². The third-order valence-corrected chi connectivity index (χ3v) is 9.80. The van der Waals surface area contributed by atoms with Crippen LogP contribution in [0, 0.1) is 43.0 Å². The van der Waals surface area contributed by atoms with Gasteiger partial charge in [-0.3, -0.25) is 14.4 Å². The van der Waals surface area contributed by atoms with Crippen LogP contribution in [0.1, 0.15) is 66.5 Å². The Morgan fingerprint density at radius 1 is 0.726 bits per heavy atom. The normalized spacial score (nSPS) is 20.6. The lowest BCUT2D eigenvalue weighted by Gasteiger charge is -2.22. The monoisotopic (exact) mass is 885 g/mol. The zero-order valence-corrected chi connectivity index (χ0v) is 32.4. The molecule has 2 heterocycles. The predicted molar refractivity (Wildman–Crippen MR) is 207 cm³/mol. The number of cyclic esters (lactones) is 1. The number of alkyl halides is 6. The topological polar surface area (TPSA) is 121 Å². The molecule has 2 fully saturated rings. The average molecular weight is 886 g/mol. The van der Waals surface area contributed by atoms with Gasteiger partial charge in [-0.25, -0.2) is 18.5 Å². The minimum Gasteiger partial charge on any atom is -0.489 e. The van der Waals surface area contributed by atoms with E-state index in [1.807, 2.05) is 0 Å². The number of halogens is 8. The molecule has 4 aromatic rings. The highest BCUT2D eigenvalue weighted by Crippen LogP contribution is 2.43. The van der Waals surface area contributed by atoms with Crippen molar-refractivity contribution in [1.29, 1.82) is 5.26 Å². The molecule has 6 rings (SSSR count). The summed E-state index contributed by atoms with van der Waals surface area (Å²) in [5.41, 5.74) is -7.11. The van der Waals surface area contributed by atoms with Crippen LogP contribution in [0.3, 0.4) is 0 Å². The lowest BCUT2D eigenvalue weighted by molar-refractivity contribution is -0.153. The van der Waals surface area contributed by atoms with Gasteiger partial charge in [0.2, 0.25) is 5.60 Å². The van der Waals surface area contributed by atoms with Gasteiger partial charge >= 0.3 is 18.3 Å². The standard InChI is InChI=1S/C21H12F4N2O3S.C21H15F4NO4.CH4/c1-20(10-29-13-5-3-12(9-26)15(22)8-13)18(28)17(19(31)30-20)11-4-6-16(27-2)14(7-11)21(23,24)25;1-11-4-6-13(9-15(11)22)29-10-20(2)18(27)17(19(28)30-20)12-5-7-16(26-3)14(8-12)21(23,24)25;/h3-8,17H,10H2,1H3;4-9,17H,10H2,1-2H3;1H4. The Balaban J connectivity index is 0.000000268. The molecule has 0 aromatic heterocycles. The first-order chi connectivity index (χ1) is 28.5. The van der Waals surface area contributed by atoms with Gasteiger partial charge in [0, 0.05) is 12.1 Å². The van der Waals surface area contributed by atoms with Crippen molar-refractivity contribution in [3.8, 4) is 17.6 Å². The number of hydrogen-bond donors (Lipinski definition) is 0. The molecule has 2 aliphatic rings. The molecule has 0 aliphatic carbocycles. The SMILES string of the molecule is C.[C-]#[N+]c1ccc(C2C(=O)C(C)(COc3ccc(C#N)c(F)c3)OC2=S)cc1C(F)(F)F.[C-]#[N+]c1ccc(C2C(=O)OC(C)(COc3ccc(C)c(F)c3)C2=O)cc1C(F)(F)F. The van der Waals surface area contributed by atoms with Crippen LogP contribution in [0.25, 0.3) is 9.69 Å². The zero-order chi connectivity index (χ0) is 45.2. The molecule has 10 nitrogen and oxygen atoms in total. The van der Waals surface area contributed by atoms with Gasteiger partial charge in [0.25, 0.3) is 0 Å². The van der Waals surface area contributed by atoms with Crippen LogP contribution in [-0.2, 0) is 36.2 Å². The first-order valence-electron chi connectivity index (χ1n) is 17.4. The summed E-state index contributed by atoms with van der Waals surface area (Å²) in [4.78, 5) is 43.9. The Labute approximate surface area is 354 Å². The summed E-state index contributed by atoms with van der Waals surface area (Å²) in [6.07, 6.45) is -9.62. The molecule has 4 aromatic carbocycles. The van der Waals surface area contributed by atoms with Gasteiger partial charge in [-0.2, -0.15) is 31.6 Å². The largest absolute Gasteiger partial charge is 0.489 e. The molecule has 0 saturated carbocycles. The number of esters is 1. The number of aryl methyl sites for hydroxylation is 1. The van der Waals surface area contributed by atoms with E-state index in [2.05, 4.69) is 9.69 Å². The molecule has 62 heavy (non-hydrogen) atoms. The van der Waals surface area contributed by atoms with Crippen LogP contribution < -0.4 is 9.47 Å². The second-order valence-corrected chi connectivity index (χ2v) is 14.3. The third-order valence-electron chi connectivity index (χ3n) is 9.48. The summed E-state index contributed by atoms with van der Waals surface area (Å²) in [5, 5.41) is 8.53. The lowest BCUT2D eigenvalue weighted by atomic mass is 9.88. The fourth-order valence-electron chi connectivity index (χ4n) is 6.16. The van der Waals surface area contributed by atoms with Crippen LogP contribution in [0.15, 0.2) is 72.8 Å². The quantitative estimate of drug-likeness (QED) is 0.0560. The Morgan fingerprint density at radius 3 is 1.63 bits per heavy atom. The van der Waals surface area contributed by atoms with E-state index in [1.165, 1.54) is 44.2 Å². The van der Waals surface area contributed by atoms with Crippen molar-refractivity contribution >= 4 is 46.2 Å². The molecule has 4 atom stereocenters. The summed E-state index contributed by atoms with van der Waals surface area (Å²) < 4.78 is 128. The number of ether oxygens (including phenoxy) is 4. The molecule has 0 amide bonds. The number of Topliss-reactive ketones (excluding diaryl/α,β-unsaturated/α-hetero) is 2. The van der Waals surface area contributed by atoms with E-state index in [0.29, 0.717) is 17.7 Å². The Hall–Kier alpha value is -6.91. The number of nitriles is 1. The molecule has 0 N–H and O–H groups in total. The Bertz CT molecular complexity index is 2600. The van der Waals surface area contributed by atoms with Crippen LogP contribution in [0.4, 0.5) is 46.5 Å². The van der Waals surface area contributed by atoms with Crippen LogP contribution >= 0.6 is 12.2 Å². The lowest BCUT2D eigenvalue weighted by Crippen LogP contribution is -2.40. The van der Waals surface area contributed by atoms with Crippen molar-refractivity contribution in [3.63, 3.8) is 0 Å². The van der Waals surface area contributed by atoms with Crippen molar-refractivity contribution in [2.45, 2.75) is 63.6 Å². The molecule has 0 spiro atoms. The number of benzene rings is 4. The summed E-state index contributed by atoms with van der Waals surface area (Å²) in [6.45, 7) is 17.1. The summed E-state index contributed by atoms with van der Waals surface area (Å²) in [5.74, 6) is -6.49. The van der Waals surface area contributed by atoms with Gasteiger partial charge in [0.1, 0.15) is 54.3 Å². The average Bonchev–Trinajstić information content (AvgIpc) is 3.57. The highest BCUT2D eigenvalue weighted by Gasteiger charge is 2.54. The number of rotatable bonds is 8. The maximum atomic E-state index is 13.7. The van der Waals surface area contributed by atoms with E-state index in [0.717, 1.165) is 30.3 Å². The first kappa shape index (κ1) is 47.8. The van der Waals surface area contributed by atoms with Crippen molar-refractivity contribution in [3.05, 3.63) is 141 Å². The van der Waals surface area contributed by atoms with E-state index in [1.54, 1.807) is 13.0 Å². The maximum Gasteiger partial charge on any atom is 0.407 e. The number of carbonyl (C=O) groups is 3. The Kier molecular flexibility index (Phi) is 13.8. The van der Waals surface area contributed by atoms with Gasteiger partial charge in [0.15, 0.2) is 33.6 Å². The first-order valence-corrected chi connectivity index (χ1v) is 17.8. The summed E-state index contributed by atoms with van der Waals surface area (Å²) in [7, 11) is 0. The molecular weight excluding hydrogens is 855 g/mol. The zero-order valence-electron chi connectivity index (χ0n) is 31.6. The number of nitrogens with zero attached hydrogens (tertiary/aromatic N) is 3. The molecule has 0 radical (unpaired) electrons. The summed E-state index contributed by atoms with van der Waals surface area (Å²) >= 11 is 5.09. The fourth-order valence-corrected chi connectivity index (χ4v) is 6.59. The van der Waals surface area contributed by atoms with Crippen molar-refractivity contribution < 1.29 is 68.5 Å². The Morgan fingerprint density at radius 2 is 1.18 bits per heavy atom. The second-order valence-electron chi connectivity index (χ2n) is 13.9. The van der Waals surface area contributed by atoms with Gasteiger partial charge in [-0.1, -0.05) is 49.9 Å². The molecule has 0 bridgehead atoms. The van der Waals surface area contributed by atoms with Crippen LogP contribution in [0.2, 0.25) is 0 Å². The maximum absolute atomic E-state index is 13.7. The summed E-state index contributed by atoms with van der Waals surface area (Å²) in [6, 6.07) is 14.8. The molecule has 2 saturated heterocycles. The molecule has 4 unspecified atom stereocenters. The number of ketones is 2. The van der Waals surface area contributed by atoms with Crippen molar-refractivity contribution in [2.24, 2.45) is 0 Å². The van der Waals surface area contributed by atoms with E-state index < -0.39 is 93.7 Å². The second kappa shape index (κ2) is 18.0. The fraction of sp³-hybridized carbons (Fsp3) is 0.279. The highest BCUT2D eigenvalue weighted by atomic mass is 32.1. The van der Waals surface area contributed by atoms with E-state index in [-0.39, 0.29) is 47.3 Å².